The van der Waals surface area contributed by atoms with Gasteiger partial charge in [0.2, 0.25) is 0 Å². The molecule has 20 heavy (non-hydrogen) atoms. The van der Waals surface area contributed by atoms with E-state index in [-0.39, 0.29) is 5.54 Å². The maximum Gasteiger partial charge on any atom is 0.154 e. The lowest BCUT2D eigenvalue weighted by Crippen LogP contribution is -2.47. The highest BCUT2D eigenvalue weighted by Gasteiger charge is 2.47. The minimum absolute atomic E-state index is 0.376. The summed E-state index contributed by atoms with van der Waals surface area (Å²) < 4.78 is 11.5. The van der Waals surface area contributed by atoms with Gasteiger partial charge in [-0.3, -0.25) is 0 Å². The van der Waals surface area contributed by atoms with Crippen LogP contribution in [0.5, 0.6) is 5.75 Å². The standard InChI is InChI=1S/C15H20N2O2S/c1-2-19-13-6-4-3-5-12(13)15-10-18-8-7-11(15)9-20-14(16)17-15/h3-6,11H,2,7-10H2,1H3,(H2,16,17). The fourth-order valence-electron chi connectivity index (χ4n) is 3.03. The Labute approximate surface area is 123 Å². The molecule has 1 aromatic carbocycles. The van der Waals surface area contributed by atoms with Crippen molar-refractivity contribution in [3.8, 4) is 5.75 Å². The summed E-state index contributed by atoms with van der Waals surface area (Å²) in [6.45, 7) is 4.03. The Morgan fingerprint density at radius 1 is 1.50 bits per heavy atom. The van der Waals surface area contributed by atoms with E-state index < -0.39 is 0 Å². The zero-order valence-electron chi connectivity index (χ0n) is 11.7. The van der Waals surface area contributed by atoms with Crippen LogP contribution in [0.15, 0.2) is 29.3 Å². The number of hydrogen-bond donors (Lipinski definition) is 1. The van der Waals surface area contributed by atoms with E-state index in [1.165, 1.54) is 0 Å². The number of rotatable bonds is 3. The third kappa shape index (κ3) is 2.29. The maximum absolute atomic E-state index is 6.00. The average Bonchev–Trinajstić information content (AvgIpc) is 2.48. The van der Waals surface area contributed by atoms with Crippen LogP contribution in [0, 0.1) is 5.92 Å². The highest BCUT2D eigenvalue weighted by Crippen LogP contribution is 2.47. The Bertz CT molecular complexity index is 520. The van der Waals surface area contributed by atoms with Crippen LogP contribution in [0.25, 0.3) is 0 Å². The van der Waals surface area contributed by atoms with Gasteiger partial charge in [0.05, 0.1) is 13.2 Å². The van der Waals surface area contributed by atoms with Crippen LogP contribution in [0.2, 0.25) is 0 Å². The fourth-order valence-corrected chi connectivity index (χ4v) is 4.07. The normalized spacial score (nSPS) is 29.4. The first-order chi connectivity index (χ1) is 9.76. The molecule has 0 bridgehead atoms. The smallest absolute Gasteiger partial charge is 0.154 e. The van der Waals surface area contributed by atoms with Crippen molar-refractivity contribution in [3.63, 3.8) is 0 Å². The predicted octanol–water partition coefficient (Wildman–Crippen LogP) is 2.38. The lowest BCUT2D eigenvalue weighted by atomic mass is 9.76. The van der Waals surface area contributed by atoms with Crippen molar-refractivity contribution in [1.29, 1.82) is 0 Å². The van der Waals surface area contributed by atoms with Gasteiger partial charge in [0.15, 0.2) is 5.17 Å². The van der Waals surface area contributed by atoms with Gasteiger partial charge in [0, 0.05) is 23.8 Å². The van der Waals surface area contributed by atoms with Gasteiger partial charge >= 0.3 is 0 Å². The molecular weight excluding hydrogens is 272 g/mol. The molecule has 0 amide bonds. The molecule has 3 rings (SSSR count). The molecule has 1 saturated heterocycles. The first-order valence-corrected chi connectivity index (χ1v) is 8.03. The molecule has 1 aromatic rings. The van der Waals surface area contributed by atoms with E-state index >= 15 is 0 Å². The predicted molar refractivity (Wildman–Crippen MR) is 82.3 cm³/mol. The van der Waals surface area contributed by atoms with Crippen LogP contribution in [0.4, 0.5) is 0 Å². The number of aliphatic imine (C=N–C) groups is 1. The molecule has 0 aromatic heterocycles. The molecule has 2 heterocycles. The minimum Gasteiger partial charge on any atom is -0.494 e. The number of nitrogens with two attached hydrogens (primary N) is 1. The minimum atomic E-state index is -0.376. The summed E-state index contributed by atoms with van der Waals surface area (Å²) in [5, 5.41) is 0.651. The second-order valence-electron chi connectivity index (χ2n) is 5.15. The van der Waals surface area contributed by atoms with E-state index in [0.29, 0.717) is 24.3 Å². The first kappa shape index (κ1) is 13.8. The van der Waals surface area contributed by atoms with Crippen molar-refractivity contribution in [3.05, 3.63) is 29.8 Å². The Hall–Kier alpha value is -1.20. The maximum atomic E-state index is 6.00. The lowest BCUT2D eigenvalue weighted by Gasteiger charge is -2.44. The molecule has 2 N–H and O–H groups in total. The molecule has 2 aliphatic rings. The molecule has 2 aliphatic heterocycles. The summed E-state index contributed by atoms with van der Waals surface area (Å²) in [6, 6.07) is 8.13. The molecule has 4 nitrogen and oxygen atoms in total. The first-order valence-electron chi connectivity index (χ1n) is 7.04. The van der Waals surface area contributed by atoms with E-state index in [1.54, 1.807) is 11.8 Å². The van der Waals surface area contributed by atoms with Crippen LogP contribution >= 0.6 is 11.8 Å². The summed E-state index contributed by atoms with van der Waals surface area (Å²) in [5.74, 6) is 2.35. The van der Waals surface area contributed by atoms with E-state index in [9.17, 15) is 0 Å². The number of para-hydroxylation sites is 1. The van der Waals surface area contributed by atoms with E-state index in [0.717, 1.165) is 30.1 Å². The number of nitrogens with zero attached hydrogens (tertiary/aromatic N) is 1. The third-order valence-electron chi connectivity index (χ3n) is 4.00. The number of benzene rings is 1. The number of fused-ring (bicyclic) bond motifs is 1. The molecule has 0 spiro atoms. The fraction of sp³-hybridized carbons (Fsp3) is 0.533. The molecule has 2 atom stereocenters. The van der Waals surface area contributed by atoms with Gasteiger partial charge in [-0.2, -0.15) is 0 Å². The van der Waals surface area contributed by atoms with Gasteiger partial charge in [-0.1, -0.05) is 30.0 Å². The Morgan fingerprint density at radius 2 is 2.35 bits per heavy atom. The van der Waals surface area contributed by atoms with Crippen LogP contribution in [0.3, 0.4) is 0 Å². The zero-order valence-corrected chi connectivity index (χ0v) is 12.5. The van der Waals surface area contributed by atoms with Crippen molar-refractivity contribution in [2.24, 2.45) is 16.6 Å². The molecule has 2 unspecified atom stereocenters. The monoisotopic (exact) mass is 292 g/mol. The van der Waals surface area contributed by atoms with Crippen molar-refractivity contribution < 1.29 is 9.47 Å². The van der Waals surface area contributed by atoms with E-state index in [1.807, 2.05) is 25.1 Å². The highest BCUT2D eigenvalue weighted by molar-refractivity contribution is 8.13. The zero-order chi connectivity index (χ0) is 14.0. The van der Waals surface area contributed by atoms with Gasteiger partial charge in [-0.25, -0.2) is 4.99 Å². The summed E-state index contributed by atoms with van der Waals surface area (Å²) in [7, 11) is 0. The van der Waals surface area contributed by atoms with Gasteiger partial charge < -0.3 is 15.2 Å². The number of thioether (sulfide) groups is 1. The third-order valence-corrected chi connectivity index (χ3v) is 4.96. The van der Waals surface area contributed by atoms with Crippen molar-refractivity contribution in [2.75, 3.05) is 25.6 Å². The van der Waals surface area contributed by atoms with Gasteiger partial charge in [0.1, 0.15) is 11.3 Å². The summed E-state index contributed by atoms with van der Waals surface area (Å²) in [4.78, 5) is 4.80. The Balaban J connectivity index is 2.10. The second-order valence-corrected chi connectivity index (χ2v) is 6.19. The molecule has 108 valence electrons. The highest BCUT2D eigenvalue weighted by atomic mass is 32.2. The van der Waals surface area contributed by atoms with Gasteiger partial charge in [0.25, 0.3) is 0 Å². The average molecular weight is 292 g/mol. The van der Waals surface area contributed by atoms with Crippen molar-refractivity contribution in [1.82, 2.24) is 0 Å². The molecule has 0 aliphatic carbocycles. The SMILES string of the molecule is CCOc1ccccc1C12COCCC1CSC(N)=N2. The summed E-state index contributed by atoms with van der Waals surface area (Å²) in [5.41, 5.74) is 6.74. The van der Waals surface area contributed by atoms with Gasteiger partial charge in [-0.05, 0) is 19.4 Å². The van der Waals surface area contributed by atoms with E-state index in [4.69, 9.17) is 20.2 Å². The molecular formula is C15H20N2O2S. The second kappa shape index (κ2) is 5.66. The Morgan fingerprint density at radius 3 is 3.20 bits per heavy atom. The molecule has 5 heteroatoms. The molecule has 0 radical (unpaired) electrons. The van der Waals surface area contributed by atoms with Gasteiger partial charge in [-0.15, -0.1) is 0 Å². The van der Waals surface area contributed by atoms with Crippen LogP contribution < -0.4 is 10.5 Å². The largest absolute Gasteiger partial charge is 0.494 e. The summed E-state index contributed by atoms with van der Waals surface area (Å²) >= 11 is 1.65. The quantitative estimate of drug-likeness (QED) is 0.929. The van der Waals surface area contributed by atoms with E-state index in [2.05, 4.69) is 6.07 Å². The van der Waals surface area contributed by atoms with Crippen LogP contribution in [-0.4, -0.2) is 30.7 Å². The number of amidine groups is 1. The van der Waals surface area contributed by atoms with Crippen molar-refractivity contribution >= 4 is 16.9 Å². The van der Waals surface area contributed by atoms with Crippen LogP contribution in [0.1, 0.15) is 18.9 Å². The number of hydrogen-bond acceptors (Lipinski definition) is 5. The topological polar surface area (TPSA) is 56.8 Å². The Kier molecular flexibility index (Phi) is 3.89. The van der Waals surface area contributed by atoms with Crippen molar-refractivity contribution in [2.45, 2.75) is 18.9 Å². The lowest BCUT2D eigenvalue weighted by molar-refractivity contribution is 0.00338. The molecule has 1 fully saturated rings. The van der Waals surface area contributed by atoms with Crippen LogP contribution in [-0.2, 0) is 10.3 Å². The molecule has 0 saturated carbocycles. The number of ether oxygens (including phenoxy) is 2. The summed E-state index contributed by atoms with van der Waals surface area (Å²) in [6.07, 6.45) is 1.02.